The van der Waals surface area contributed by atoms with E-state index in [0.717, 1.165) is 72.2 Å². The number of unbranched alkanes of at least 4 members (excludes halogenated alkanes) is 15. The van der Waals surface area contributed by atoms with Crippen molar-refractivity contribution < 1.29 is 23.7 Å². The molecule has 0 saturated carbocycles. The summed E-state index contributed by atoms with van der Waals surface area (Å²) in [5, 5.41) is 14.0. The highest BCUT2D eigenvalue weighted by atomic mass is 16.5. The van der Waals surface area contributed by atoms with Gasteiger partial charge in [-0.05, 0) is 85.1 Å². The molecule has 0 atom stereocenters. The number of hydrogen-bond acceptors (Lipinski definition) is 9. The molecule has 0 bridgehead atoms. The van der Waals surface area contributed by atoms with Crippen LogP contribution in [0.4, 0.5) is 0 Å². The summed E-state index contributed by atoms with van der Waals surface area (Å²) in [6.07, 6.45) is 24.6. The summed E-state index contributed by atoms with van der Waals surface area (Å²) in [5.41, 5.74) is 0. The molecule has 0 spiro atoms. The molecule has 0 radical (unpaired) electrons. The maximum Gasteiger partial charge on any atom is 0.0701 e. The van der Waals surface area contributed by atoms with E-state index in [1.54, 1.807) is 0 Å². The first kappa shape index (κ1) is 46.6. The van der Waals surface area contributed by atoms with Crippen molar-refractivity contribution in [3.05, 3.63) is 0 Å². The van der Waals surface area contributed by atoms with E-state index in [1.165, 1.54) is 122 Å². The molecule has 0 aromatic heterocycles. The van der Waals surface area contributed by atoms with Crippen LogP contribution in [0.3, 0.4) is 0 Å². The van der Waals surface area contributed by atoms with Gasteiger partial charge in [-0.25, -0.2) is 0 Å². The summed E-state index contributed by atoms with van der Waals surface area (Å²) in [5.74, 6) is 0. The Morgan fingerprint density at radius 1 is 0.234 bits per heavy atom. The van der Waals surface area contributed by atoms with Gasteiger partial charge in [0.2, 0.25) is 0 Å². The first-order valence-corrected chi connectivity index (χ1v) is 20.1. The molecule has 0 fully saturated rings. The van der Waals surface area contributed by atoms with Crippen LogP contribution in [0.2, 0.25) is 0 Å². The summed E-state index contributed by atoms with van der Waals surface area (Å²) < 4.78 is 27.3. The van der Waals surface area contributed by atoms with Gasteiger partial charge >= 0.3 is 0 Å². The second-order valence-corrected chi connectivity index (χ2v) is 12.6. The Morgan fingerprint density at radius 2 is 0.489 bits per heavy atom. The lowest BCUT2D eigenvalue weighted by Crippen LogP contribution is -2.25. The monoisotopic (exact) mass is 675 g/mol. The van der Waals surface area contributed by atoms with E-state index in [1.807, 2.05) is 6.92 Å². The van der Waals surface area contributed by atoms with Crippen LogP contribution in [0.25, 0.3) is 0 Å². The fourth-order valence-electron chi connectivity index (χ4n) is 5.34. The van der Waals surface area contributed by atoms with Crippen molar-refractivity contribution in [2.75, 3.05) is 118 Å². The standard InChI is InChI=1S/C38H82N4O5/c1-3-43-31-22-16-14-12-10-8-6-5-7-9-11-13-15-17-23-39-24-18-19-25-40-26-20-21-27-41-28-32-46-37-38-47-34-30-42-29-33-45-36-35-44-4-2/h39-42H,3-38H2,1-2H3. The zero-order chi connectivity index (χ0) is 33.8. The molecule has 9 nitrogen and oxygen atoms in total. The van der Waals surface area contributed by atoms with E-state index >= 15 is 0 Å². The molecular weight excluding hydrogens is 592 g/mol. The Bertz CT molecular complexity index is 492. The third-order valence-corrected chi connectivity index (χ3v) is 8.23. The molecule has 0 aliphatic carbocycles. The molecule has 0 rings (SSSR count). The fourth-order valence-corrected chi connectivity index (χ4v) is 5.34. The van der Waals surface area contributed by atoms with Crippen molar-refractivity contribution in [3.63, 3.8) is 0 Å². The van der Waals surface area contributed by atoms with Gasteiger partial charge in [-0.1, -0.05) is 77.0 Å². The summed E-state index contributed by atoms with van der Waals surface area (Å²) in [4.78, 5) is 0. The lowest BCUT2D eigenvalue weighted by atomic mass is 10.0. The van der Waals surface area contributed by atoms with Crippen LogP contribution in [0.15, 0.2) is 0 Å². The second kappa shape index (κ2) is 45.6. The number of rotatable bonds is 44. The molecule has 4 N–H and O–H groups in total. The average Bonchev–Trinajstić information content (AvgIpc) is 3.08. The van der Waals surface area contributed by atoms with Crippen LogP contribution in [0.1, 0.15) is 129 Å². The minimum atomic E-state index is 0.645. The molecule has 9 heteroatoms. The molecule has 47 heavy (non-hydrogen) atoms. The van der Waals surface area contributed by atoms with E-state index in [2.05, 4.69) is 28.2 Å². The molecule has 284 valence electrons. The minimum absolute atomic E-state index is 0.645. The topological polar surface area (TPSA) is 94.3 Å². The second-order valence-electron chi connectivity index (χ2n) is 12.6. The van der Waals surface area contributed by atoms with Crippen molar-refractivity contribution in [1.82, 2.24) is 21.3 Å². The highest BCUT2D eigenvalue weighted by Gasteiger charge is 1.97. The lowest BCUT2D eigenvalue weighted by molar-refractivity contribution is 0.0454. The SMILES string of the molecule is CCOCCCCCCCCCCCCCCCCNCCCCNCCCCNCCOCCOCCNCCOCCOCC. The zero-order valence-corrected chi connectivity index (χ0v) is 31.5. The molecule has 0 aliphatic rings. The molecule has 0 saturated heterocycles. The first-order chi connectivity index (χ1) is 23.4. The van der Waals surface area contributed by atoms with Crippen molar-refractivity contribution >= 4 is 0 Å². The van der Waals surface area contributed by atoms with Crippen molar-refractivity contribution in [2.24, 2.45) is 0 Å². The third kappa shape index (κ3) is 45.6. The molecule has 0 aromatic rings. The summed E-state index contributed by atoms with van der Waals surface area (Å²) in [7, 11) is 0. The molecule has 0 heterocycles. The van der Waals surface area contributed by atoms with Crippen molar-refractivity contribution in [2.45, 2.75) is 129 Å². The molecule has 0 aliphatic heterocycles. The van der Waals surface area contributed by atoms with Gasteiger partial charge < -0.3 is 45.0 Å². The molecule has 0 unspecified atom stereocenters. The van der Waals surface area contributed by atoms with Gasteiger partial charge in [0.25, 0.3) is 0 Å². The van der Waals surface area contributed by atoms with Gasteiger partial charge in [0.05, 0.1) is 46.2 Å². The average molecular weight is 675 g/mol. The van der Waals surface area contributed by atoms with Gasteiger partial charge in [-0.2, -0.15) is 0 Å². The highest BCUT2D eigenvalue weighted by Crippen LogP contribution is 2.13. The maximum absolute atomic E-state index is 5.63. The lowest BCUT2D eigenvalue weighted by Gasteiger charge is -2.09. The van der Waals surface area contributed by atoms with E-state index in [0.29, 0.717) is 39.6 Å². The smallest absolute Gasteiger partial charge is 0.0701 e. The van der Waals surface area contributed by atoms with Crippen LogP contribution in [0.5, 0.6) is 0 Å². The van der Waals surface area contributed by atoms with E-state index in [9.17, 15) is 0 Å². The Labute approximate surface area is 292 Å². The normalized spacial score (nSPS) is 11.6. The first-order valence-electron chi connectivity index (χ1n) is 20.1. The van der Waals surface area contributed by atoms with Crippen LogP contribution < -0.4 is 21.3 Å². The fraction of sp³-hybridized carbons (Fsp3) is 1.00. The third-order valence-electron chi connectivity index (χ3n) is 8.23. The Morgan fingerprint density at radius 3 is 0.872 bits per heavy atom. The summed E-state index contributed by atoms with van der Waals surface area (Å²) in [6, 6.07) is 0. The van der Waals surface area contributed by atoms with Crippen LogP contribution in [0, 0.1) is 0 Å². The predicted molar refractivity (Wildman–Crippen MR) is 200 cm³/mol. The number of hydrogen-bond donors (Lipinski definition) is 4. The minimum Gasteiger partial charge on any atom is -0.382 e. The Kier molecular flexibility index (Phi) is 45.3. The largest absolute Gasteiger partial charge is 0.382 e. The van der Waals surface area contributed by atoms with Crippen LogP contribution >= 0.6 is 0 Å². The predicted octanol–water partition coefficient (Wildman–Crippen LogP) is 6.49. The van der Waals surface area contributed by atoms with Gasteiger partial charge in [0.15, 0.2) is 0 Å². The van der Waals surface area contributed by atoms with Gasteiger partial charge in [-0.15, -0.1) is 0 Å². The molecule has 0 amide bonds. The maximum atomic E-state index is 5.63. The Balaban J connectivity index is 3.03. The number of nitrogens with one attached hydrogen (secondary N) is 4. The highest BCUT2D eigenvalue weighted by molar-refractivity contribution is 4.55. The van der Waals surface area contributed by atoms with E-state index < -0.39 is 0 Å². The van der Waals surface area contributed by atoms with E-state index in [-0.39, 0.29) is 0 Å². The van der Waals surface area contributed by atoms with Gasteiger partial charge in [0, 0.05) is 39.5 Å². The molecular formula is C38H82N4O5. The van der Waals surface area contributed by atoms with Crippen LogP contribution in [-0.2, 0) is 23.7 Å². The van der Waals surface area contributed by atoms with Gasteiger partial charge in [-0.3, -0.25) is 0 Å². The van der Waals surface area contributed by atoms with Gasteiger partial charge in [0.1, 0.15) is 0 Å². The number of ether oxygens (including phenoxy) is 5. The van der Waals surface area contributed by atoms with Crippen molar-refractivity contribution in [1.29, 1.82) is 0 Å². The quantitative estimate of drug-likeness (QED) is 0.0542. The Hall–Kier alpha value is -0.360. The zero-order valence-electron chi connectivity index (χ0n) is 31.5. The summed E-state index contributed by atoms with van der Waals surface area (Å²) in [6.45, 7) is 19.6. The van der Waals surface area contributed by atoms with Crippen molar-refractivity contribution in [3.8, 4) is 0 Å². The van der Waals surface area contributed by atoms with E-state index in [4.69, 9.17) is 23.7 Å². The summed E-state index contributed by atoms with van der Waals surface area (Å²) >= 11 is 0. The van der Waals surface area contributed by atoms with Crippen LogP contribution in [-0.4, -0.2) is 118 Å². The molecule has 0 aromatic carbocycles.